The summed E-state index contributed by atoms with van der Waals surface area (Å²) in [6.45, 7) is 0. The maximum Gasteiger partial charge on any atom is 0.0708 e. The molecule has 0 unspecified atom stereocenters. The number of benzene rings is 3. The molecule has 0 bridgehead atoms. The van der Waals surface area contributed by atoms with Crippen LogP contribution in [0.2, 0.25) is 0 Å². The number of pyridine rings is 1. The Morgan fingerprint density at radius 2 is 1.39 bits per heavy atom. The first-order valence-corrected chi connectivity index (χ1v) is 8.31. The Labute approximate surface area is 143 Å². The molecule has 23 heavy (non-hydrogen) atoms. The molecule has 0 amide bonds. The highest BCUT2D eigenvalue weighted by Crippen LogP contribution is 2.31. The molecule has 0 aliphatic rings. The number of fused-ring (bicyclic) bond motifs is 1. The second-order valence-electron chi connectivity index (χ2n) is 5.44. The van der Waals surface area contributed by atoms with Crippen LogP contribution < -0.4 is 0 Å². The van der Waals surface area contributed by atoms with Crippen LogP contribution in [0.1, 0.15) is 0 Å². The molecule has 0 spiro atoms. The van der Waals surface area contributed by atoms with Crippen LogP contribution in [-0.2, 0) is 0 Å². The summed E-state index contributed by atoms with van der Waals surface area (Å²) in [5.41, 5.74) is 4.44. The highest BCUT2D eigenvalue weighted by molar-refractivity contribution is 9.10. The van der Waals surface area contributed by atoms with E-state index in [4.69, 9.17) is 4.98 Å². The average molecular weight is 360 g/mol. The van der Waals surface area contributed by atoms with Crippen LogP contribution in [0.15, 0.2) is 89.5 Å². The van der Waals surface area contributed by atoms with E-state index >= 15 is 0 Å². The van der Waals surface area contributed by atoms with Crippen molar-refractivity contribution in [2.75, 3.05) is 0 Å². The number of halogens is 1. The molecule has 110 valence electrons. The van der Waals surface area contributed by atoms with Gasteiger partial charge in [-0.05, 0) is 28.5 Å². The standard InChI is InChI=1S/C21H14BrN/c22-20-11-4-3-9-18(20)16-12-13-21(23-14-16)19-10-5-7-15-6-1-2-8-17(15)19/h1-14H. The van der Waals surface area contributed by atoms with Crippen LogP contribution in [0.5, 0.6) is 0 Å². The summed E-state index contributed by atoms with van der Waals surface area (Å²) in [5, 5.41) is 2.47. The summed E-state index contributed by atoms with van der Waals surface area (Å²) in [4.78, 5) is 4.70. The lowest BCUT2D eigenvalue weighted by Gasteiger charge is -2.08. The molecular formula is C21H14BrN. The average Bonchev–Trinajstić information content (AvgIpc) is 2.62. The van der Waals surface area contributed by atoms with Gasteiger partial charge in [-0.3, -0.25) is 4.98 Å². The molecule has 4 rings (SSSR count). The minimum Gasteiger partial charge on any atom is -0.256 e. The SMILES string of the molecule is Brc1ccccc1-c1ccc(-c2cccc3ccccc23)nc1. The third-order valence-corrected chi connectivity index (χ3v) is 4.71. The van der Waals surface area contributed by atoms with Crippen molar-refractivity contribution in [3.63, 3.8) is 0 Å². The minimum atomic E-state index is 0.998. The van der Waals surface area contributed by atoms with Crippen molar-refractivity contribution in [2.24, 2.45) is 0 Å². The third kappa shape index (κ3) is 2.66. The largest absolute Gasteiger partial charge is 0.256 e. The maximum absolute atomic E-state index is 4.70. The van der Waals surface area contributed by atoms with Crippen molar-refractivity contribution in [2.45, 2.75) is 0 Å². The van der Waals surface area contributed by atoms with Gasteiger partial charge < -0.3 is 0 Å². The smallest absolute Gasteiger partial charge is 0.0708 e. The zero-order valence-corrected chi connectivity index (χ0v) is 14.0. The van der Waals surface area contributed by atoms with E-state index in [0.717, 1.165) is 21.3 Å². The number of rotatable bonds is 2. The number of nitrogens with zero attached hydrogens (tertiary/aromatic N) is 1. The van der Waals surface area contributed by atoms with E-state index in [9.17, 15) is 0 Å². The van der Waals surface area contributed by atoms with Crippen molar-refractivity contribution >= 4 is 26.7 Å². The van der Waals surface area contributed by atoms with Gasteiger partial charge in [0.05, 0.1) is 5.69 Å². The van der Waals surface area contributed by atoms with Gasteiger partial charge in [-0.1, -0.05) is 82.7 Å². The molecule has 0 radical (unpaired) electrons. The van der Waals surface area contributed by atoms with Gasteiger partial charge in [-0.25, -0.2) is 0 Å². The predicted octanol–water partition coefficient (Wildman–Crippen LogP) is 6.33. The van der Waals surface area contributed by atoms with Gasteiger partial charge >= 0.3 is 0 Å². The fraction of sp³-hybridized carbons (Fsp3) is 0. The van der Waals surface area contributed by atoms with E-state index < -0.39 is 0 Å². The molecule has 1 heterocycles. The van der Waals surface area contributed by atoms with Gasteiger partial charge in [0, 0.05) is 21.8 Å². The number of hydrogen-bond donors (Lipinski definition) is 0. The van der Waals surface area contributed by atoms with Crippen LogP contribution in [0.3, 0.4) is 0 Å². The second kappa shape index (κ2) is 5.98. The van der Waals surface area contributed by atoms with Gasteiger partial charge in [0.1, 0.15) is 0 Å². The Hall–Kier alpha value is -2.45. The lowest BCUT2D eigenvalue weighted by Crippen LogP contribution is -1.87. The number of hydrogen-bond acceptors (Lipinski definition) is 1. The monoisotopic (exact) mass is 359 g/mol. The Bertz CT molecular complexity index is 969. The first kappa shape index (κ1) is 14.2. The van der Waals surface area contributed by atoms with Gasteiger partial charge in [-0.15, -0.1) is 0 Å². The molecule has 3 aromatic carbocycles. The number of aromatic nitrogens is 1. The Kier molecular flexibility index (Phi) is 3.68. The van der Waals surface area contributed by atoms with E-state index in [1.54, 1.807) is 0 Å². The van der Waals surface area contributed by atoms with Crippen LogP contribution >= 0.6 is 15.9 Å². The third-order valence-electron chi connectivity index (χ3n) is 4.01. The summed E-state index contributed by atoms with van der Waals surface area (Å²) in [6, 6.07) is 27.2. The molecule has 0 fully saturated rings. The summed E-state index contributed by atoms with van der Waals surface area (Å²) in [7, 11) is 0. The lowest BCUT2D eigenvalue weighted by atomic mass is 10.0. The fourth-order valence-electron chi connectivity index (χ4n) is 2.86. The molecular weight excluding hydrogens is 346 g/mol. The van der Waals surface area contributed by atoms with Crippen LogP contribution in [0.25, 0.3) is 33.2 Å². The van der Waals surface area contributed by atoms with Gasteiger partial charge in [0.25, 0.3) is 0 Å². The van der Waals surface area contributed by atoms with Crippen molar-refractivity contribution in [3.05, 3.63) is 89.5 Å². The maximum atomic E-state index is 4.70. The predicted molar refractivity (Wildman–Crippen MR) is 100 cm³/mol. The molecule has 4 aromatic rings. The zero-order chi connectivity index (χ0) is 15.6. The van der Waals surface area contributed by atoms with Crippen LogP contribution in [0, 0.1) is 0 Å². The van der Waals surface area contributed by atoms with E-state index in [-0.39, 0.29) is 0 Å². The summed E-state index contributed by atoms with van der Waals surface area (Å²) >= 11 is 3.60. The highest BCUT2D eigenvalue weighted by atomic mass is 79.9. The van der Waals surface area contributed by atoms with Crippen molar-refractivity contribution in [1.29, 1.82) is 0 Å². The molecule has 1 aromatic heterocycles. The lowest BCUT2D eigenvalue weighted by molar-refractivity contribution is 1.33. The fourth-order valence-corrected chi connectivity index (χ4v) is 3.37. The molecule has 0 saturated heterocycles. The van der Waals surface area contributed by atoms with E-state index in [1.165, 1.54) is 16.3 Å². The normalized spacial score (nSPS) is 10.8. The van der Waals surface area contributed by atoms with Crippen molar-refractivity contribution in [3.8, 4) is 22.4 Å². The second-order valence-corrected chi connectivity index (χ2v) is 6.29. The Morgan fingerprint density at radius 1 is 0.652 bits per heavy atom. The highest BCUT2D eigenvalue weighted by Gasteiger charge is 2.06. The zero-order valence-electron chi connectivity index (χ0n) is 12.4. The summed E-state index contributed by atoms with van der Waals surface area (Å²) < 4.78 is 1.08. The molecule has 0 atom stereocenters. The molecule has 1 nitrogen and oxygen atoms in total. The Morgan fingerprint density at radius 3 is 2.22 bits per heavy atom. The van der Waals surface area contributed by atoms with Crippen LogP contribution in [-0.4, -0.2) is 4.98 Å². The van der Waals surface area contributed by atoms with Gasteiger partial charge in [0.2, 0.25) is 0 Å². The minimum absolute atomic E-state index is 0.998. The molecule has 0 saturated carbocycles. The van der Waals surface area contributed by atoms with Crippen molar-refractivity contribution in [1.82, 2.24) is 4.98 Å². The van der Waals surface area contributed by atoms with Gasteiger partial charge in [0.15, 0.2) is 0 Å². The Balaban J connectivity index is 1.80. The topological polar surface area (TPSA) is 12.9 Å². The first-order valence-electron chi connectivity index (χ1n) is 7.52. The van der Waals surface area contributed by atoms with E-state index in [0.29, 0.717) is 0 Å². The van der Waals surface area contributed by atoms with E-state index in [1.807, 2.05) is 24.4 Å². The summed E-state index contributed by atoms with van der Waals surface area (Å²) in [5.74, 6) is 0. The van der Waals surface area contributed by atoms with Crippen molar-refractivity contribution < 1.29 is 0 Å². The van der Waals surface area contributed by atoms with Crippen LogP contribution in [0.4, 0.5) is 0 Å². The molecule has 0 aliphatic carbocycles. The van der Waals surface area contributed by atoms with E-state index in [2.05, 4.69) is 76.6 Å². The molecule has 2 heteroatoms. The molecule has 0 N–H and O–H groups in total. The summed E-state index contributed by atoms with van der Waals surface area (Å²) in [6.07, 6.45) is 1.94. The first-order chi connectivity index (χ1) is 11.3. The van der Waals surface area contributed by atoms with Gasteiger partial charge in [-0.2, -0.15) is 0 Å². The molecule has 0 aliphatic heterocycles. The quantitative estimate of drug-likeness (QED) is 0.407.